The highest BCUT2D eigenvalue weighted by Gasteiger charge is 2.56. The Balaban J connectivity index is 1.31. The summed E-state index contributed by atoms with van der Waals surface area (Å²) in [6.45, 7) is 2.12. The molecule has 9 nitrogen and oxygen atoms in total. The standard InChI is InChI=1S/C36H35NO8/c1-20-16-28(38)27-18-26-23(13-14-25-32(26)36(44)37(35(25)43)15-7-3-6-10-30(40)41)31(33(27)34(20)42)24-12-11-22(17-29(24)39)45-19-21-8-4-2-5-9-21/h2,4-5,8-9,11-13,16-17,25-26,31-32,39H,3,6-7,10,14-15,18-19H2,1H3,(H,40,41). The summed E-state index contributed by atoms with van der Waals surface area (Å²) in [4.78, 5) is 66.4. The second-order valence-corrected chi connectivity index (χ2v) is 12.3. The first kappa shape index (κ1) is 30.2. The molecule has 0 radical (unpaired) electrons. The van der Waals surface area contributed by atoms with Crippen LogP contribution in [0.5, 0.6) is 11.5 Å². The number of phenols is 1. The molecule has 1 saturated heterocycles. The third kappa shape index (κ3) is 5.63. The van der Waals surface area contributed by atoms with Crippen LogP contribution in [0.25, 0.3) is 0 Å². The summed E-state index contributed by atoms with van der Waals surface area (Å²) in [6.07, 6.45) is 5.32. The molecule has 2 N–H and O–H groups in total. The smallest absolute Gasteiger partial charge is 0.303 e. The molecule has 1 fully saturated rings. The van der Waals surface area contributed by atoms with Gasteiger partial charge in [-0.15, -0.1) is 0 Å². The van der Waals surface area contributed by atoms with Crippen LogP contribution in [0.3, 0.4) is 0 Å². The summed E-state index contributed by atoms with van der Waals surface area (Å²) < 4.78 is 5.90. The molecule has 6 rings (SSSR count). The Morgan fingerprint density at radius 3 is 2.49 bits per heavy atom. The predicted octanol–water partition coefficient (Wildman–Crippen LogP) is 5.05. The van der Waals surface area contributed by atoms with Gasteiger partial charge < -0.3 is 14.9 Å². The minimum Gasteiger partial charge on any atom is -0.507 e. The van der Waals surface area contributed by atoms with Crippen LogP contribution in [-0.2, 0) is 30.6 Å². The number of hydrogen-bond acceptors (Lipinski definition) is 7. The normalized spacial score (nSPS) is 24.2. The maximum atomic E-state index is 13.8. The number of nitrogens with zero attached hydrogens (tertiary/aromatic N) is 1. The van der Waals surface area contributed by atoms with E-state index in [9.17, 15) is 29.1 Å². The van der Waals surface area contributed by atoms with Crippen molar-refractivity contribution in [2.24, 2.45) is 17.8 Å². The summed E-state index contributed by atoms with van der Waals surface area (Å²) in [5.74, 6) is -4.12. The number of rotatable bonds is 10. The Bertz CT molecular complexity index is 1680. The molecular formula is C36H35NO8. The molecule has 0 aromatic heterocycles. The third-order valence-corrected chi connectivity index (χ3v) is 9.49. The molecule has 0 bridgehead atoms. The number of Topliss-reactive ketones (excluding diaryl/α,β-unsaturated/α-hetero) is 1. The van der Waals surface area contributed by atoms with Crippen LogP contribution >= 0.6 is 0 Å². The first-order chi connectivity index (χ1) is 21.7. The fraction of sp³-hybridized carbons (Fsp3) is 0.361. The highest BCUT2D eigenvalue weighted by molar-refractivity contribution is 6.24. The average molecular weight is 610 g/mol. The number of carbonyl (C=O) groups excluding carboxylic acids is 4. The predicted molar refractivity (Wildman–Crippen MR) is 163 cm³/mol. The fourth-order valence-electron chi connectivity index (χ4n) is 7.32. The highest BCUT2D eigenvalue weighted by atomic mass is 16.5. The molecule has 1 aliphatic heterocycles. The zero-order valence-electron chi connectivity index (χ0n) is 25.0. The van der Waals surface area contributed by atoms with E-state index in [0.717, 1.165) is 11.1 Å². The van der Waals surface area contributed by atoms with Gasteiger partial charge in [0.25, 0.3) is 0 Å². The van der Waals surface area contributed by atoms with Crippen LogP contribution in [-0.4, -0.2) is 51.0 Å². The van der Waals surface area contributed by atoms with Gasteiger partial charge in [-0.3, -0.25) is 28.9 Å². The number of ketones is 2. The van der Waals surface area contributed by atoms with E-state index in [4.69, 9.17) is 9.84 Å². The Morgan fingerprint density at radius 1 is 0.978 bits per heavy atom. The molecule has 4 aliphatic rings. The maximum absolute atomic E-state index is 13.8. The van der Waals surface area contributed by atoms with E-state index in [-0.39, 0.29) is 48.5 Å². The van der Waals surface area contributed by atoms with Crippen molar-refractivity contribution < 1.29 is 38.9 Å². The number of ether oxygens (including phenoxy) is 1. The number of carboxylic acids is 1. The van der Waals surface area contributed by atoms with E-state index in [1.54, 1.807) is 19.1 Å². The van der Waals surface area contributed by atoms with Gasteiger partial charge in [0.15, 0.2) is 11.6 Å². The third-order valence-electron chi connectivity index (χ3n) is 9.49. The van der Waals surface area contributed by atoms with E-state index in [1.165, 1.54) is 17.0 Å². The monoisotopic (exact) mass is 609 g/mol. The van der Waals surface area contributed by atoms with Gasteiger partial charge in [0.1, 0.15) is 18.1 Å². The van der Waals surface area contributed by atoms with Crippen molar-refractivity contribution in [2.75, 3.05) is 6.54 Å². The van der Waals surface area contributed by atoms with Crippen LogP contribution in [0.1, 0.15) is 62.5 Å². The molecule has 45 heavy (non-hydrogen) atoms. The van der Waals surface area contributed by atoms with Crippen molar-refractivity contribution in [3.63, 3.8) is 0 Å². The zero-order valence-corrected chi connectivity index (χ0v) is 25.0. The fourth-order valence-corrected chi connectivity index (χ4v) is 7.32. The molecule has 232 valence electrons. The minimum atomic E-state index is -0.880. The molecule has 2 aromatic rings. The topological polar surface area (TPSA) is 138 Å². The van der Waals surface area contributed by atoms with E-state index in [0.29, 0.717) is 60.3 Å². The average Bonchev–Trinajstić information content (AvgIpc) is 3.27. The van der Waals surface area contributed by atoms with Crippen LogP contribution in [0, 0.1) is 17.8 Å². The van der Waals surface area contributed by atoms with E-state index in [2.05, 4.69) is 0 Å². The van der Waals surface area contributed by atoms with Gasteiger partial charge in [-0.2, -0.15) is 0 Å². The maximum Gasteiger partial charge on any atom is 0.303 e. The number of carbonyl (C=O) groups is 5. The second-order valence-electron chi connectivity index (χ2n) is 12.3. The number of unbranched alkanes of at least 4 members (excludes halogenated alkanes) is 2. The van der Waals surface area contributed by atoms with E-state index in [1.807, 2.05) is 36.4 Å². The lowest BCUT2D eigenvalue weighted by Gasteiger charge is -2.42. The largest absolute Gasteiger partial charge is 0.507 e. The van der Waals surface area contributed by atoms with E-state index < -0.39 is 29.6 Å². The van der Waals surface area contributed by atoms with Gasteiger partial charge in [-0.25, -0.2) is 0 Å². The number of hydrogen-bond donors (Lipinski definition) is 2. The van der Waals surface area contributed by atoms with Gasteiger partial charge in [0.05, 0.1) is 11.8 Å². The van der Waals surface area contributed by atoms with Crippen LogP contribution in [0.2, 0.25) is 0 Å². The molecule has 4 atom stereocenters. The lowest BCUT2D eigenvalue weighted by atomic mass is 9.59. The number of likely N-dealkylation sites (tertiary alicyclic amines) is 1. The van der Waals surface area contributed by atoms with Gasteiger partial charge in [0.2, 0.25) is 11.8 Å². The highest BCUT2D eigenvalue weighted by Crippen LogP contribution is 2.56. The van der Waals surface area contributed by atoms with Gasteiger partial charge in [-0.1, -0.05) is 54.5 Å². The molecular weight excluding hydrogens is 574 g/mol. The SMILES string of the molecule is CC1=CC(=O)C2=C(C1=O)C(c1ccc(OCc3ccccc3)cc1O)C1=CCC3C(=O)N(CCCCCC(=O)O)C(=O)C3C1C2. The molecule has 1 heterocycles. The molecule has 2 aromatic carbocycles. The Kier molecular flexibility index (Phi) is 8.27. The summed E-state index contributed by atoms with van der Waals surface area (Å²) in [5.41, 5.74) is 3.14. The summed E-state index contributed by atoms with van der Waals surface area (Å²) in [5, 5.41) is 20.2. The molecule has 0 spiro atoms. The van der Waals surface area contributed by atoms with Crippen molar-refractivity contribution in [3.8, 4) is 11.5 Å². The van der Waals surface area contributed by atoms with Crippen LogP contribution < -0.4 is 4.74 Å². The zero-order chi connectivity index (χ0) is 31.8. The number of carboxylic acid groups (broad SMARTS) is 1. The lowest BCUT2D eigenvalue weighted by molar-refractivity contribution is -0.141. The Morgan fingerprint density at radius 2 is 1.76 bits per heavy atom. The molecule has 0 saturated carbocycles. The van der Waals surface area contributed by atoms with Gasteiger partial charge in [0, 0.05) is 47.2 Å². The van der Waals surface area contributed by atoms with Gasteiger partial charge in [-0.05, 0) is 56.2 Å². The summed E-state index contributed by atoms with van der Waals surface area (Å²) >= 11 is 0. The lowest BCUT2D eigenvalue weighted by Crippen LogP contribution is -2.40. The van der Waals surface area contributed by atoms with E-state index >= 15 is 0 Å². The number of phenolic OH excluding ortho intramolecular Hbond substituents is 1. The second kappa shape index (κ2) is 12.3. The van der Waals surface area contributed by atoms with Crippen molar-refractivity contribution in [1.29, 1.82) is 0 Å². The Hall–Kier alpha value is -4.79. The number of benzene rings is 2. The van der Waals surface area contributed by atoms with Crippen LogP contribution in [0.4, 0.5) is 0 Å². The quantitative estimate of drug-likeness (QED) is 0.165. The van der Waals surface area contributed by atoms with Crippen molar-refractivity contribution in [2.45, 2.75) is 58.0 Å². The first-order valence-corrected chi connectivity index (χ1v) is 15.4. The minimum absolute atomic E-state index is 0.0367. The van der Waals surface area contributed by atoms with Crippen molar-refractivity contribution in [1.82, 2.24) is 4.90 Å². The number of fused-ring (bicyclic) bond motifs is 3. The number of aliphatic carboxylic acids is 1. The molecule has 2 amide bonds. The molecule has 4 unspecified atom stereocenters. The molecule has 3 aliphatic carbocycles. The van der Waals surface area contributed by atoms with Crippen LogP contribution in [0.15, 0.2) is 83.0 Å². The number of aromatic hydroxyl groups is 1. The van der Waals surface area contributed by atoms with Gasteiger partial charge >= 0.3 is 5.97 Å². The number of amides is 2. The summed E-state index contributed by atoms with van der Waals surface area (Å²) in [6, 6.07) is 14.5. The number of allylic oxidation sites excluding steroid dienone is 6. The first-order valence-electron chi connectivity index (χ1n) is 15.4. The van der Waals surface area contributed by atoms with Crippen molar-refractivity contribution >= 4 is 29.4 Å². The van der Waals surface area contributed by atoms with Crippen molar-refractivity contribution in [3.05, 3.63) is 94.1 Å². The Labute approximate surface area is 260 Å². The molecule has 9 heteroatoms. The number of imide groups is 1. The summed E-state index contributed by atoms with van der Waals surface area (Å²) in [7, 11) is 0.